The van der Waals surface area contributed by atoms with E-state index in [0.29, 0.717) is 11.3 Å². The highest BCUT2D eigenvalue weighted by Crippen LogP contribution is 2.32. The molecule has 0 aliphatic carbocycles. The van der Waals surface area contributed by atoms with Crippen molar-refractivity contribution in [1.29, 1.82) is 0 Å². The summed E-state index contributed by atoms with van der Waals surface area (Å²) in [7, 11) is 0. The van der Waals surface area contributed by atoms with Crippen molar-refractivity contribution in [3.8, 4) is 11.3 Å². The number of rotatable bonds is 4. The Kier molecular flexibility index (Phi) is 5.04. The molecule has 3 aromatic heterocycles. The van der Waals surface area contributed by atoms with Gasteiger partial charge in [-0.1, -0.05) is 18.2 Å². The molecule has 0 unspecified atom stereocenters. The zero-order chi connectivity index (χ0) is 22.2. The number of fused-ring (bicyclic) bond motifs is 3. The number of carbonyl (C=O) groups is 1. The Morgan fingerprint density at radius 2 is 1.62 bits per heavy atom. The van der Waals surface area contributed by atoms with E-state index in [2.05, 4.69) is 35.8 Å². The highest BCUT2D eigenvalue weighted by Gasteiger charge is 2.17. The average Bonchev–Trinajstić information content (AvgIpc) is 3.15. The smallest absolute Gasteiger partial charge is 0.288 e. The maximum atomic E-state index is 13.5. The quantitative estimate of drug-likeness (QED) is 0.328. The van der Waals surface area contributed by atoms with Crippen LogP contribution in [0.2, 0.25) is 10.6 Å². The Bertz CT molecular complexity index is 1470. The van der Waals surface area contributed by atoms with E-state index in [1.165, 1.54) is 12.1 Å². The van der Waals surface area contributed by atoms with Gasteiger partial charge in [-0.2, -0.15) is 15.0 Å². The number of halogens is 3. The minimum atomic E-state index is -0.548. The summed E-state index contributed by atoms with van der Waals surface area (Å²) >= 11 is 11.5. The lowest BCUT2D eigenvalue weighted by Crippen LogP contribution is -2.31. The molecule has 5 rings (SSSR count). The number of hydrogen-bond donors (Lipinski definition) is 3. The van der Waals surface area contributed by atoms with Crippen molar-refractivity contribution in [2.45, 2.75) is 0 Å². The van der Waals surface area contributed by atoms with Gasteiger partial charge in [0.1, 0.15) is 11.5 Å². The topological polar surface area (TPSA) is 108 Å². The first-order valence-electron chi connectivity index (χ1n) is 9.29. The summed E-state index contributed by atoms with van der Waals surface area (Å²) in [5.41, 5.74) is 7.92. The number of para-hydroxylation sites is 1. The van der Waals surface area contributed by atoms with Crippen LogP contribution < -0.4 is 10.9 Å². The molecule has 0 radical (unpaired) electrons. The molecule has 0 spiro atoms. The number of anilines is 1. The number of amides is 1. The predicted molar refractivity (Wildman–Crippen MR) is 120 cm³/mol. The Balaban J connectivity index is 1.58. The van der Waals surface area contributed by atoms with E-state index in [4.69, 9.17) is 23.2 Å². The van der Waals surface area contributed by atoms with Crippen LogP contribution in [0, 0.1) is 5.82 Å². The van der Waals surface area contributed by atoms with Gasteiger partial charge < -0.3 is 4.98 Å². The Morgan fingerprint density at radius 3 is 2.38 bits per heavy atom. The van der Waals surface area contributed by atoms with Gasteiger partial charge in [0.25, 0.3) is 5.91 Å². The van der Waals surface area contributed by atoms with Crippen molar-refractivity contribution >= 4 is 56.9 Å². The third-order valence-corrected chi connectivity index (χ3v) is 5.05. The number of carbonyl (C=O) groups excluding carboxylic acids is 1. The second kappa shape index (κ2) is 8.03. The van der Waals surface area contributed by atoms with Crippen LogP contribution in [0.5, 0.6) is 0 Å². The standard InChI is InChI=1S/C21H12Cl2FN7O/c22-19-27-20(23)29-21(28-19)31-30-18(32)15-9-13-12-3-1-2-4-14(12)25-17(13)16(26-15)10-5-7-11(24)8-6-10/h1-9,25H,(H,30,32)(H,27,28,29,31). The number of nitrogens with zero attached hydrogens (tertiary/aromatic N) is 4. The van der Waals surface area contributed by atoms with Gasteiger partial charge in [0.2, 0.25) is 16.5 Å². The number of hydrazine groups is 1. The van der Waals surface area contributed by atoms with E-state index in [1.54, 1.807) is 18.2 Å². The molecule has 11 heteroatoms. The summed E-state index contributed by atoms with van der Waals surface area (Å²) in [4.78, 5) is 32.0. The molecule has 8 nitrogen and oxygen atoms in total. The molecule has 3 heterocycles. The lowest BCUT2D eigenvalue weighted by Gasteiger charge is -2.09. The summed E-state index contributed by atoms with van der Waals surface area (Å²) in [5, 5.41) is 1.47. The number of pyridine rings is 1. The normalized spacial score (nSPS) is 11.1. The molecule has 0 aliphatic rings. The second-order valence-corrected chi connectivity index (χ2v) is 7.41. The van der Waals surface area contributed by atoms with E-state index in [0.717, 1.165) is 21.8 Å². The summed E-state index contributed by atoms with van der Waals surface area (Å²) in [5.74, 6) is -0.946. The predicted octanol–water partition coefficient (Wildman–Crippen LogP) is 4.77. The summed E-state index contributed by atoms with van der Waals surface area (Å²) in [6.07, 6.45) is 0. The van der Waals surface area contributed by atoms with Crippen LogP contribution in [-0.4, -0.2) is 30.8 Å². The Labute approximate surface area is 189 Å². The lowest BCUT2D eigenvalue weighted by molar-refractivity contribution is 0.0957. The maximum absolute atomic E-state index is 13.5. The first-order chi connectivity index (χ1) is 15.5. The molecule has 0 atom stereocenters. The molecule has 0 saturated heterocycles. The Hall–Kier alpha value is -3.82. The van der Waals surface area contributed by atoms with Gasteiger partial charge in [0.15, 0.2) is 0 Å². The molecule has 1 amide bonds. The average molecular weight is 468 g/mol. The fourth-order valence-electron chi connectivity index (χ4n) is 3.34. The monoisotopic (exact) mass is 467 g/mol. The zero-order valence-electron chi connectivity index (χ0n) is 16.0. The van der Waals surface area contributed by atoms with Crippen molar-refractivity contribution in [1.82, 2.24) is 30.3 Å². The number of hydrogen-bond acceptors (Lipinski definition) is 6. The van der Waals surface area contributed by atoms with Gasteiger partial charge in [-0.3, -0.25) is 15.6 Å². The van der Waals surface area contributed by atoms with Crippen LogP contribution in [-0.2, 0) is 0 Å². The maximum Gasteiger partial charge on any atom is 0.288 e. The van der Waals surface area contributed by atoms with Gasteiger partial charge in [0, 0.05) is 21.9 Å². The van der Waals surface area contributed by atoms with Crippen molar-refractivity contribution in [3.63, 3.8) is 0 Å². The molecule has 0 fully saturated rings. The van der Waals surface area contributed by atoms with Crippen LogP contribution in [0.4, 0.5) is 10.3 Å². The van der Waals surface area contributed by atoms with Crippen molar-refractivity contribution in [3.05, 3.63) is 76.7 Å². The molecule has 0 bridgehead atoms. The molecule has 3 N–H and O–H groups in total. The van der Waals surface area contributed by atoms with Crippen LogP contribution in [0.1, 0.15) is 10.5 Å². The van der Waals surface area contributed by atoms with Crippen molar-refractivity contribution < 1.29 is 9.18 Å². The van der Waals surface area contributed by atoms with Crippen LogP contribution >= 0.6 is 23.2 Å². The first kappa shape index (κ1) is 20.1. The SMILES string of the molecule is O=C(NNc1nc(Cl)nc(Cl)n1)c1cc2c([nH]c3ccccc32)c(-c2ccc(F)cc2)n1. The summed E-state index contributed by atoms with van der Waals surface area (Å²) < 4.78 is 13.5. The lowest BCUT2D eigenvalue weighted by atomic mass is 10.1. The molecule has 5 aromatic rings. The van der Waals surface area contributed by atoms with E-state index in [1.807, 2.05) is 24.3 Å². The van der Waals surface area contributed by atoms with E-state index < -0.39 is 5.91 Å². The van der Waals surface area contributed by atoms with Crippen LogP contribution in [0.3, 0.4) is 0 Å². The molecule has 0 aliphatic heterocycles. The fourth-order valence-corrected chi connectivity index (χ4v) is 3.70. The molecule has 0 saturated carbocycles. The first-order valence-corrected chi connectivity index (χ1v) is 10.0. The van der Waals surface area contributed by atoms with Crippen molar-refractivity contribution in [2.75, 3.05) is 5.43 Å². The van der Waals surface area contributed by atoms with Gasteiger partial charge in [-0.05, 0) is 59.6 Å². The minimum Gasteiger partial charge on any atom is -0.353 e. The number of benzene rings is 2. The fraction of sp³-hybridized carbons (Fsp3) is 0. The van der Waals surface area contributed by atoms with Gasteiger partial charge in [-0.25, -0.2) is 9.37 Å². The number of H-pyrrole nitrogens is 1. The van der Waals surface area contributed by atoms with Gasteiger partial charge in [0.05, 0.1) is 11.2 Å². The minimum absolute atomic E-state index is 0.0321. The summed E-state index contributed by atoms with van der Waals surface area (Å²) in [6, 6.07) is 15.3. The Morgan fingerprint density at radius 1 is 0.906 bits per heavy atom. The highest BCUT2D eigenvalue weighted by atomic mass is 35.5. The van der Waals surface area contributed by atoms with E-state index in [9.17, 15) is 9.18 Å². The van der Waals surface area contributed by atoms with E-state index >= 15 is 0 Å². The third kappa shape index (κ3) is 3.79. The highest BCUT2D eigenvalue weighted by molar-refractivity contribution is 6.31. The third-order valence-electron chi connectivity index (χ3n) is 4.72. The number of aromatic nitrogens is 5. The number of nitrogens with one attached hydrogen (secondary N) is 3. The largest absolute Gasteiger partial charge is 0.353 e. The van der Waals surface area contributed by atoms with Crippen LogP contribution in [0.25, 0.3) is 33.1 Å². The van der Waals surface area contributed by atoms with Gasteiger partial charge >= 0.3 is 0 Å². The van der Waals surface area contributed by atoms with Crippen molar-refractivity contribution in [2.24, 2.45) is 0 Å². The van der Waals surface area contributed by atoms with E-state index in [-0.39, 0.29) is 28.0 Å². The number of aromatic amines is 1. The molecule has 32 heavy (non-hydrogen) atoms. The van der Waals surface area contributed by atoms with Crippen LogP contribution in [0.15, 0.2) is 54.6 Å². The molecule has 2 aromatic carbocycles. The molecular weight excluding hydrogens is 456 g/mol. The molecule has 158 valence electrons. The summed E-state index contributed by atoms with van der Waals surface area (Å²) in [6.45, 7) is 0. The van der Waals surface area contributed by atoms with Gasteiger partial charge in [-0.15, -0.1) is 0 Å². The zero-order valence-corrected chi connectivity index (χ0v) is 17.5. The molecular formula is C21H12Cl2FN7O. The second-order valence-electron chi connectivity index (χ2n) is 6.73.